The molecule has 1 aliphatic heterocycles. The van der Waals surface area contributed by atoms with Crippen LogP contribution in [0.3, 0.4) is 0 Å². The quantitative estimate of drug-likeness (QED) is 0.665. The zero-order chi connectivity index (χ0) is 22.6. The van der Waals surface area contributed by atoms with Gasteiger partial charge in [-0.05, 0) is 56.9 Å². The van der Waals surface area contributed by atoms with E-state index in [1.54, 1.807) is 29.2 Å². The van der Waals surface area contributed by atoms with E-state index >= 15 is 0 Å². The van der Waals surface area contributed by atoms with E-state index in [-0.39, 0.29) is 35.5 Å². The summed E-state index contributed by atoms with van der Waals surface area (Å²) in [7, 11) is -3.59. The first kappa shape index (κ1) is 23.2. The second-order valence-electron chi connectivity index (χ2n) is 8.31. The highest BCUT2D eigenvalue weighted by molar-refractivity contribution is 7.89. The van der Waals surface area contributed by atoms with Crippen molar-refractivity contribution in [1.82, 2.24) is 9.62 Å². The SMILES string of the molecule is Cc1ccc(C(=O)CCC(=O)N2CCC(NS(=O)(=O)c3ccc(C)c(C)c3)CC2)cc1. The number of hydrogen-bond acceptors (Lipinski definition) is 4. The third kappa shape index (κ3) is 6.02. The monoisotopic (exact) mass is 442 g/mol. The van der Waals surface area contributed by atoms with Crippen molar-refractivity contribution >= 4 is 21.7 Å². The fourth-order valence-corrected chi connectivity index (χ4v) is 5.07. The van der Waals surface area contributed by atoms with Crippen molar-refractivity contribution in [3.63, 3.8) is 0 Å². The fourth-order valence-electron chi connectivity index (χ4n) is 3.68. The van der Waals surface area contributed by atoms with E-state index in [2.05, 4.69) is 4.72 Å². The molecule has 1 heterocycles. The average Bonchev–Trinajstić information content (AvgIpc) is 2.74. The third-order valence-corrected chi connectivity index (χ3v) is 7.42. The van der Waals surface area contributed by atoms with Gasteiger partial charge in [-0.25, -0.2) is 13.1 Å². The molecule has 6 nitrogen and oxygen atoms in total. The topological polar surface area (TPSA) is 83.6 Å². The Morgan fingerprint density at radius 3 is 2.19 bits per heavy atom. The summed E-state index contributed by atoms with van der Waals surface area (Å²) in [6.45, 7) is 6.76. The summed E-state index contributed by atoms with van der Waals surface area (Å²) in [6, 6.07) is 12.3. The minimum atomic E-state index is -3.59. The van der Waals surface area contributed by atoms with Crippen LogP contribution in [0, 0.1) is 20.8 Å². The molecule has 1 N–H and O–H groups in total. The Morgan fingerprint density at radius 2 is 1.58 bits per heavy atom. The number of ketones is 1. The van der Waals surface area contributed by atoms with Crippen LogP contribution >= 0.6 is 0 Å². The summed E-state index contributed by atoms with van der Waals surface area (Å²) < 4.78 is 28.1. The predicted molar refractivity (Wildman–Crippen MR) is 121 cm³/mol. The summed E-state index contributed by atoms with van der Waals surface area (Å²) in [5.41, 5.74) is 3.69. The molecule has 1 saturated heterocycles. The maximum atomic E-state index is 12.7. The van der Waals surface area contributed by atoms with Crippen LogP contribution in [0.5, 0.6) is 0 Å². The second kappa shape index (κ2) is 9.75. The first-order valence-electron chi connectivity index (χ1n) is 10.6. The maximum Gasteiger partial charge on any atom is 0.240 e. The molecule has 31 heavy (non-hydrogen) atoms. The van der Waals surface area contributed by atoms with Gasteiger partial charge in [-0.2, -0.15) is 0 Å². The second-order valence-corrected chi connectivity index (χ2v) is 10.0. The number of carbonyl (C=O) groups is 2. The number of likely N-dealkylation sites (tertiary alicyclic amines) is 1. The van der Waals surface area contributed by atoms with Gasteiger partial charge in [-0.1, -0.05) is 35.9 Å². The van der Waals surface area contributed by atoms with Crippen molar-refractivity contribution in [3.8, 4) is 0 Å². The molecule has 2 aromatic carbocycles. The molecule has 0 spiro atoms. The number of piperidine rings is 1. The van der Waals surface area contributed by atoms with E-state index in [0.717, 1.165) is 16.7 Å². The molecule has 7 heteroatoms. The van der Waals surface area contributed by atoms with Crippen molar-refractivity contribution in [2.45, 2.75) is 57.4 Å². The number of nitrogens with zero attached hydrogens (tertiary/aromatic N) is 1. The molecule has 0 aromatic heterocycles. The van der Waals surface area contributed by atoms with Crippen LogP contribution in [-0.4, -0.2) is 44.1 Å². The molecule has 0 unspecified atom stereocenters. The van der Waals surface area contributed by atoms with Crippen molar-refractivity contribution in [1.29, 1.82) is 0 Å². The number of benzene rings is 2. The minimum Gasteiger partial charge on any atom is -0.343 e. The van der Waals surface area contributed by atoms with E-state index < -0.39 is 10.0 Å². The lowest BCUT2D eigenvalue weighted by molar-refractivity contribution is -0.132. The van der Waals surface area contributed by atoms with Gasteiger partial charge in [0.15, 0.2) is 5.78 Å². The number of nitrogens with one attached hydrogen (secondary N) is 1. The van der Waals surface area contributed by atoms with Crippen molar-refractivity contribution < 1.29 is 18.0 Å². The van der Waals surface area contributed by atoms with Crippen LogP contribution in [0.1, 0.15) is 52.7 Å². The molecular formula is C24H30N2O4S. The standard InChI is InChI=1S/C24H30N2O4S/c1-17-4-7-20(8-5-17)23(27)10-11-24(28)26-14-12-21(13-15-26)25-31(29,30)22-9-6-18(2)19(3)16-22/h4-9,16,21,25H,10-15H2,1-3H3. The van der Waals surface area contributed by atoms with Crippen LogP contribution in [0.15, 0.2) is 47.4 Å². The van der Waals surface area contributed by atoms with E-state index in [0.29, 0.717) is 31.5 Å². The number of rotatable bonds is 7. The highest BCUT2D eigenvalue weighted by atomic mass is 32.2. The highest BCUT2D eigenvalue weighted by Gasteiger charge is 2.27. The molecule has 0 atom stereocenters. The molecular weight excluding hydrogens is 412 g/mol. The summed E-state index contributed by atoms with van der Waals surface area (Å²) >= 11 is 0. The molecule has 2 aromatic rings. The Labute approximate surface area is 184 Å². The van der Waals surface area contributed by atoms with Gasteiger partial charge in [-0.15, -0.1) is 0 Å². The van der Waals surface area contributed by atoms with Crippen LogP contribution in [-0.2, 0) is 14.8 Å². The van der Waals surface area contributed by atoms with Crippen molar-refractivity contribution in [2.24, 2.45) is 0 Å². The summed E-state index contributed by atoms with van der Waals surface area (Å²) in [6.07, 6.45) is 1.47. The number of carbonyl (C=O) groups excluding carboxylic acids is 2. The van der Waals surface area contributed by atoms with E-state index in [4.69, 9.17) is 0 Å². The Bertz CT molecular complexity index is 1050. The molecule has 1 aliphatic rings. The van der Waals surface area contributed by atoms with Crippen molar-refractivity contribution in [2.75, 3.05) is 13.1 Å². The molecule has 1 fully saturated rings. The normalized spacial score (nSPS) is 15.1. The Hall–Kier alpha value is -2.51. The third-order valence-electron chi connectivity index (χ3n) is 5.90. The van der Waals surface area contributed by atoms with Gasteiger partial charge in [0.1, 0.15) is 0 Å². The van der Waals surface area contributed by atoms with Gasteiger partial charge >= 0.3 is 0 Å². The number of aryl methyl sites for hydroxylation is 3. The Morgan fingerprint density at radius 1 is 0.935 bits per heavy atom. The Kier molecular flexibility index (Phi) is 7.28. The molecule has 0 bridgehead atoms. The minimum absolute atomic E-state index is 0.0376. The summed E-state index contributed by atoms with van der Waals surface area (Å²) in [5, 5.41) is 0. The Balaban J connectivity index is 1.48. The molecule has 1 amide bonds. The lowest BCUT2D eigenvalue weighted by Crippen LogP contribution is -2.46. The maximum absolute atomic E-state index is 12.7. The van der Waals surface area contributed by atoms with Crippen LogP contribution in [0.2, 0.25) is 0 Å². The summed E-state index contributed by atoms with van der Waals surface area (Å²) in [4.78, 5) is 26.8. The van der Waals surface area contributed by atoms with Gasteiger partial charge < -0.3 is 4.90 Å². The van der Waals surface area contributed by atoms with Gasteiger partial charge in [0.2, 0.25) is 15.9 Å². The molecule has 0 radical (unpaired) electrons. The van der Waals surface area contributed by atoms with Crippen LogP contribution < -0.4 is 4.72 Å². The lowest BCUT2D eigenvalue weighted by atomic mass is 10.0. The van der Waals surface area contributed by atoms with Crippen molar-refractivity contribution in [3.05, 3.63) is 64.7 Å². The number of amides is 1. The zero-order valence-electron chi connectivity index (χ0n) is 18.3. The smallest absolute Gasteiger partial charge is 0.240 e. The van der Waals surface area contributed by atoms with E-state index in [1.807, 2.05) is 39.0 Å². The van der Waals surface area contributed by atoms with Gasteiger partial charge in [-0.3, -0.25) is 9.59 Å². The largest absolute Gasteiger partial charge is 0.343 e. The molecule has 166 valence electrons. The fraction of sp³-hybridized carbons (Fsp3) is 0.417. The van der Waals surface area contributed by atoms with E-state index in [9.17, 15) is 18.0 Å². The highest BCUT2D eigenvalue weighted by Crippen LogP contribution is 2.19. The number of sulfonamides is 1. The van der Waals surface area contributed by atoms with Gasteiger partial charge in [0, 0.05) is 37.5 Å². The molecule has 0 saturated carbocycles. The van der Waals surface area contributed by atoms with Crippen LogP contribution in [0.4, 0.5) is 0 Å². The van der Waals surface area contributed by atoms with Crippen LogP contribution in [0.25, 0.3) is 0 Å². The van der Waals surface area contributed by atoms with Gasteiger partial charge in [0.05, 0.1) is 4.90 Å². The summed E-state index contributed by atoms with van der Waals surface area (Å²) in [5.74, 6) is -0.0969. The van der Waals surface area contributed by atoms with E-state index in [1.165, 1.54) is 0 Å². The number of Topliss-reactive ketones (excluding diaryl/α,β-unsaturated/α-hetero) is 1. The lowest BCUT2D eigenvalue weighted by Gasteiger charge is -2.32. The molecule has 3 rings (SSSR count). The van der Waals surface area contributed by atoms with Gasteiger partial charge in [0.25, 0.3) is 0 Å². The average molecular weight is 443 g/mol. The predicted octanol–water partition coefficient (Wildman–Crippen LogP) is 3.54. The first-order valence-corrected chi connectivity index (χ1v) is 12.1. The molecule has 0 aliphatic carbocycles. The first-order chi connectivity index (χ1) is 14.7. The number of hydrogen-bond donors (Lipinski definition) is 1. The zero-order valence-corrected chi connectivity index (χ0v) is 19.2.